The van der Waals surface area contributed by atoms with Gasteiger partial charge in [-0.15, -0.1) is 0 Å². The number of anilines is 3. The molecule has 1 amide bonds. The van der Waals surface area contributed by atoms with Gasteiger partial charge in [-0.25, -0.2) is 25.6 Å². The first-order chi connectivity index (χ1) is 15.8. The van der Waals surface area contributed by atoms with Crippen LogP contribution in [-0.4, -0.2) is 35.5 Å². The summed E-state index contributed by atoms with van der Waals surface area (Å²) >= 11 is 0. The maximum Gasteiger partial charge on any atom is 0.261 e. The van der Waals surface area contributed by atoms with Gasteiger partial charge in [-0.05, 0) is 61.0 Å². The molecule has 0 heterocycles. The van der Waals surface area contributed by atoms with E-state index in [0.29, 0.717) is 16.1 Å². The maximum absolute atomic E-state index is 13.6. The molecular weight excluding hydrogens is 488 g/mol. The van der Waals surface area contributed by atoms with Gasteiger partial charge in [0.2, 0.25) is 15.9 Å². The molecule has 0 radical (unpaired) electrons. The van der Waals surface area contributed by atoms with Crippen molar-refractivity contribution in [1.29, 1.82) is 0 Å². The van der Waals surface area contributed by atoms with Crippen LogP contribution in [0.3, 0.4) is 0 Å². The normalized spacial score (nSPS) is 11.6. The molecule has 3 rings (SSSR count). The lowest BCUT2D eigenvalue weighted by Gasteiger charge is -2.22. The molecule has 0 bridgehead atoms. The summed E-state index contributed by atoms with van der Waals surface area (Å²) in [4.78, 5) is 12.4. The van der Waals surface area contributed by atoms with Crippen LogP contribution in [0.2, 0.25) is 0 Å². The lowest BCUT2D eigenvalue weighted by atomic mass is 10.2. The Balaban J connectivity index is 1.72. The molecule has 180 valence electrons. The van der Waals surface area contributed by atoms with Gasteiger partial charge in [0, 0.05) is 17.4 Å². The van der Waals surface area contributed by atoms with Crippen LogP contribution < -0.4 is 14.3 Å². The van der Waals surface area contributed by atoms with Gasteiger partial charge in [0.05, 0.1) is 16.8 Å². The summed E-state index contributed by atoms with van der Waals surface area (Å²) in [6.45, 7) is 1.12. The van der Waals surface area contributed by atoms with Crippen LogP contribution in [0, 0.1) is 18.6 Å². The second kappa shape index (κ2) is 9.77. The average Bonchev–Trinajstić information content (AvgIpc) is 2.73. The van der Waals surface area contributed by atoms with Crippen molar-refractivity contribution in [1.82, 2.24) is 0 Å². The monoisotopic (exact) mass is 509 g/mol. The molecule has 0 saturated carbocycles. The number of nitrogens with one attached hydrogen (secondary N) is 2. The molecule has 34 heavy (non-hydrogen) atoms. The summed E-state index contributed by atoms with van der Waals surface area (Å²) in [7, 11) is -7.87. The standard InChI is InChI=1S/C22H21F2N3O5S2/c1-15-4-3-5-17(12-15)26-34(31,32)19-9-6-16(7-10-19)25-22(28)14-27(33(2,29)30)18-8-11-20(23)21(24)13-18/h3-13,26H,14H2,1-2H3,(H,25,28). The van der Waals surface area contributed by atoms with Crippen molar-refractivity contribution in [2.75, 3.05) is 27.1 Å². The fraction of sp³-hybridized carbons (Fsp3) is 0.136. The van der Waals surface area contributed by atoms with Crippen molar-refractivity contribution < 1.29 is 30.4 Å². The van der Waals surface area contributed by atoms with Crippen LogP contribution in [-0.2, 0) is 24.8 Å². The van der Waals surface area contributed by atoms with E-state index in [-0.39, 0.29) is 16.3 Å². The van der Waals surface area contributed by atoms with Gasteiger partial charge in [-0.3, -0.25) is 13.8 Å². The highest BCUT2D eigenvalue weighted by atomic mass is 32.2. The Labute approximate surface area is 196 Å². The lowest BCUT2D eigenvalue weighted by molar-refractivity contribution is -0.114. The van der Waals surface area contributed by atoms with Gasteiger partial charge in [-0.2, -0.15) is 0 Å². The highest BCUT2D eigenvalue weighted by Crippen LogP contribution is 2.22. The Morgan fingerprint density at radius 1 is 0.882 bits per heavy atom. The zero-order valence-electron chi connectivity index (χ0n) is 18.1. The number of hydrogen-bond donors (Lipinski definition) is 2. The third-order valence-corrected chi connectivity index (χ3v) is 7.14. The molecule has 2 N–H and O–H groups in total. The van der Waals surface area contributed by atoms with Gasteiger partial charge in [0.15, 0.2) is 11.6 Å². The van der Waals surface area contributed by atoms with E-state index < -0.39 is 44.1 Å². The van der Waals surface area contributed by atoms with E-state index in [1.165, 1.54) is 24.3 Å². The number of benzene rings is 3. The second-order valence-corrected chi connectivity index (χ2v) is 11.0. The lowest BCUT2D eigenvalue weighted by Crippen LogP contribution is -2.37. The summed E-state index contributed by atoms with van der Waals surface area (Å²) in [5.41, 5.74) is 1.26. The smallest absolute Gasteiger partial charge is 0.261 e. The molecule has 3 aromatic carbocycles. The number of sulfonamides is 2. The molecule has 0 unspecified atom stereocenters. The Hall–Kier alpha value is -3.51. The molecule has 12 heteroatoms. The summed E-state index contributed by atoms with van der Waals surface area (Å²) in [6.07, 6.45) is 0.822. The quantitative estimate of drug-likeness (QED) is 0.483. The molecule has 0 saturated heterocycles. The zero-order valence-corrected chi connectivity index (χ0v) is 19.8. The number of hydrogen-bond acceptors (Lipinski definition) is 5. The van der Waals surface area contributed by atoms with Gasteiger partial charge < -0.3 is 5.32 Å². The third-order valence-electron chi connectivity index (χ3n) is 4.60. The van der Waals surface area contributed by atoms with Crippen molar-refractivity contribution in [3.63, 3.8) is 0 Å². The number of aryl methyl sites for hydroxylation is 1. The predicted octanol–water partition coefficient (Wildman–Crippen LogP) is 3.48. The number of carbonyl (C=O) groups excluding carboxylic acids is 1. The van der Waals surface area contributed by atoms with E-state index in [9.17, 15) is 30.4 Å². The van der Waals surface area contributed by atoms with Gasteiger partial charge in [0.1, 0.15) is 6.54 Å². The number of rotatable bonds is 8. The van der Waals surface area contributed by atoms with Crippen LogP contribution in [0.15, 0.2) is 71.6 Å². The maximum atomic E-state index is 13.6. The number of nitrogens with zero attached hydrogens (tertiary/aromatic N) is 1. The topological polar surface area (TPSA) is 113 Å². The molecule has 3 aromatic rings. The van der Waals surface area contributed by atoms with Gasteiger partial charge in [-0.1, -0.05) is 12.1 Å². The van der Waals surface area contributed by atoms with Gasteiger partial charge in [0.25, 0.3) is 10.0 Å². The molecule has 0 atom stereocenters. The zero-order chi connectivity index (χ0) is 25.1. The van der Waals surface area contributed by atoms with E-state index in [1.54, 1.807) is 18.2 Å². The van der Waals surface area contributed by atoms with Crippen molar-refractivity contribution in [2.24, 2.45) is 0 Å². The number of amides is 1. The molecule has 0 aliphatic rings. The molecule has 0 aliphatic heterocycles. The van der Waals surface area contributed by atoms with E-state index >= 15 is 0 Å². The molecule has 8 nitrogen and oxygen atoms in total. The van der Waals surface area contributed by atoms with E-state index in [1.807, 2.05) is 13.0 Å². The van der Waals surface area contributed by atoms with Crippen LogP contribution in [0.5, 0.6) is 0 Å². The van der Waals surface area contributed by atoms with Crippen molar-refractivity contribution in [3.05, 3.63) is 83.9 Å². The predicted molar refractivity (Wildman–Crippen MR) is 126 cm³/mol. The minimum Gasteiger partial charge on any atom is -0.325 e. The number of halogens is 2. The first kappa shape index (κ1) is 25.1. The summed E-state index contributed by atoms with van der Waals surface area (Å²) in [5, 5.41) is 2.45. The highest BCUT2D eigenvalue weighted by molar-refractivity contribution is 7.92. The molecule has 0 aromatic heterocycles. The van der Waals surface area contributed by atoms with Crippen molar-refractivity contribution >= 4 is 43.0 Å². The Morgan fingerprint density at radius 2 is 1.56 bits per heavy atom. The molecule has 0 fully saturated rings. The fourth-order valence-electron chi connectivity index (χ4n) is 3.01. The fourth-order valence-corrected chi connectivity index (χ4v) is 4.91. The van der Waals surface area contributed by atoms with Crippen molar-refractivity contribution in [2.45, 2.75) is 11.8 Å². The summed E-state index contributed by atoms with van der Waals surface area (Å²) in [5.74, 6) is -3.19. The first-order valence-corrected chi connectivity index (χ1v) is 13.1. The molecule has 0 aliphatic carbocycles. The van der Waals surface area contributed by atoms with E-state index in [4.69, 9.17) is 0 Å². The third kappa shape index (κ3) is 6.29. The first-order valence-electron chi connectivity index (χ1n) is 9.77. The Morgan fingerprint density at radius 3 is 2.15 bits per heavy atom. The average molecular weight is 510 g/mol. The van der Waals surface area contributed by atoms with E-state index in [0.717, 1.165) is 24.0 Å². The second-order valence-electron chi connectivity index (χ2n) is 7.42. The largest absolute Gasteiger partial charge is 0.325 e. The molecule has 0 spiro atoms. The van der Waals surface area contributed by atoms with Crippen LogP contribution in [0.4, 0.5) is 25.8 Å². The minimum absolute atomic E-state index is 0.0495. The SMILES string of the molecule is Cc1cccc(NS(=O)(=O)c2ccc(NC(=O)CN(c3ccc(F)c(F)c3)S(C)(=O)=O)cc2)c1. The van der Waals surface area contributed by atoms with Crippen LogP contribution in [0.25, 0.3) is 0 Å². The van der Waals surface area contributed by atoms with Crippen molar-refractivity contribution in [3.8, 4) is 0 Å². The Kier molecular flexibility index (Phi) is 7.22. The van der Waals surface area contributed by atoms with E-state index in [2.05, 4.69) is 10.0 Å². The Bertz CT molecular complexity index is 1430. The van der Waals surface area contributed by atoms with Gasteiger partial charge >= 0.3 is 0 Å². The number of carbonyl (C=O) groups is 1. The summed E-state index contributed by atoms with van der Waals surface area (Å²) < 4.78 is 79.2. The highest BCUT2D eigenvalue weighted by Gasteiger charge is 2.22. The summed E-state index contributed by atoms with van der Waals surface area (Å²) in [6, 6.07) is 14.5. The molecular formula is C22H21F2N3O5S2. The van der Waals surface area contributed by atoms with Crippen LogP contribution in [0.1, 0.15) is 5.56 Å². The van der Waals surface area contributed by atoms with Crippen LogP contribution >= 0.6 is 0 Å². The minimum atomic E-state index is -4.00.